The number of pyridine rings is 1. The van der Waals surface area contributed by atoms with Gasteiger partial charge in [-0.25, -0.2) is 9.37 Å². The van der Waals surface area contributed by atoms with E-state index >= 15 is 4.39 Å². The van der Waals surface area contributed by atoms with Crippen LogP contribution in [0.3, 0.4) is 0 Å². The van der Waals surface area contributed by atoms with E-state index in [-0.39, 0.29) is 40.6 Å². The highest BCUT2D eigenvalue weighted by Gasteiger charge is 2.40. The van der Waals surface area contributed by atoms with Crippen LogP contribution in [0.2, 0.25) is 0 Å². The summed E-state index contributed by atoms with van der Waals surface area (Å²) in [6, 6.07) is 12.4. The first-order valence-electron chi connectivity index (χ1n) is 15.2. The zero-order valence-corrected chi connectivity index (χ0v) is 28.5. The van der Waals surface area contributed by atoms with E-state index in [4.69, 9.17) is 4.74 Å². The normalized spacial score (nSPS) is 12.0. The second-order valence-electron chi connectivity index (χ2n) is 10.1. The third kappa shape index (κ3) is 10.7. The van der Waals surface area contributed by atoms with E-state index in [1.54, 1.807) is 43.9 Å². The molecule has 0 spiro atoms. The molecule has 11 heteroatoms. The first kappa shape index (κ1) is 40.4. The lowest BCUT2D eigenvalue weighted by atomic mass is 9.82. The van der Waals surface area contributed by atoms with Crippen LogP contribution in [0.4, 0.5) is 18.9 Å². The number of rotatable bonds is 11. The third-order valence-electron chi connectivity index (χ3n) is 6.39. The number of amides is 1. The van der Waals surface area contributed by atoms with E-state index in [9.17, 15) is 18.7 Å². The minimum absolute atomic E-state index is 0.0257. The van der Waals surface area contributed by atoms with Crippen LogP contribution in [0.5, 0.6) is 11.6 Å². The molecule has 1 unspecified atom stereocenters. The van der Waals surface area contributed by atoms with Gasteiger partial charge in [0.15, 0.2) is 5.60 Å². The molecule has 1 aromatic heterocycles. The quantitative estimate of drug-likeness (QED) is 0.123. The number of anilines is 1. The van der Waals surface area contributed by atoms with Crippen molar-refractivity contribution in [3.05, 3.63) is 108 Å². The first-order valence-corrected chi connectivity index (χ1v) is 15.2. The highest BCUT2D eigenvalue weighted by molar-refractivity contribution is 6.07. The van der Waals surface area contributed by atoms with Crippen LogP contribution in [0.15, 0.2) is 84.5 Å². The number of hydrogen-bond acceptors (Lipinski definition) is 7. The van der Waals surface area contributed by atoms with Gasteiger partial charge in [-0.1, -0.05) is 63.3 Å². The molecule has 1 heterocycles. The Morgan fingerprint density at radius 2 is 1.72 bits per heavy atom. The molecule has 0 saturated heterocycles. The smallest absolute Gasteiger partial charge is 0.387 e. The molecule has 8 nitrogen and oxygen atoms in total. The number of aromatic nitrogens is 1. The van der Waals surface area contributed by atoms with Gasteiger partial charge < -0.3 is 24.8 Å². The number of aryl methyl sites for hydroxylation is 1. The Balaban J connectivity index is 0.00000171. The summed E-state index contributed by atoms with van der Waals surface area (Å²) >= 11 is 0. The minimum Gasteiger partial charge on any atom is -0.480 e. The summed E-state index contributed by atoms with van der Waals surface area (Å²) < 4.78 is 50.5. The van der Waals surface area contributed by atoms with Gasteiger partial charge in [0, 0.05) is 18.7 Å². The van der Waals surface area contributed by atoms with Crippen molar-refractivity contribution < 1.29 is 32.5 Å². The molecule has 0 saturated carbocycles. The van der Waals surface area contributed by atoms with E-state index < -0.39 is 23.9 Å². The summed E-state index contributed by atoms with van der Waals surface area (Å²) in [7, 11) is 1.39. The van der Waals surface area contributed by atoms with Gasteiger partial charge in [-0.15, -0.1) is 6.58 Å². The maximum absolute atomic E-state index is 15.2. The number of aliphatic hydroxyl groups is 1. The number of allylic oxidation sites excluding steroid dienone is 1. The van der Waals surface area contributed by atoms with Crippen LogP contribution in [0, 0.1) is 12.7 Å². The highest BCUT2D eigenvalue weighted by Crippen LogP contribution is 2.42. The Labute approximate surface area is 276 Å². The van der Waals surface area contributed by atoms with Crippen molar-refractivity contribution in [2.24, 2.45) is 4.99 Å². The van der Waals surface area contributed by atoms with Gasteiger partial charge in [-0.05, 0) is 64.4 Å². The Morgan fingerprint density at radius 1 is 1.15 bits per heavy atom. The molecule has 256 valence electrons. The number of carbonyl (C=O) groups is 1. The van der Waals surface area contributed by atoms with Crippen molar-refractivity contribution >= 4 is 17.4 Å². The first-order chi connectivity index (χ1) is 22.3. The number of hydrogen-bond donors (Lipinski definition) is 2. The van der Waals surface area contributed by atoms with Gasteiger partial charge >= 0.3 is 6.61 Å². The number of methoxy groups -OCH3 is 1. The maximum Gasteiger partial charge on any atom is 0.387 e. The summed E-state index contributed by atoms with van der Waals surface area (Å²) in [6.07, 6.45) is 3.00. The fraction of sp³-hybridized carbons (Fsp3) is 0.361. The maximum atomic E-state index is 15.2. The predicted molar refractivity (Wildman–Crippen MR) is 183 cm³/mol. The molecule has 0 aliphatic heterocycles. The molecule has 2 aromatic carbocycles. The van der Waals surface area contributed by atoms with Gasteiger partial charge in [-0.2, -0.15) is 8.78 Å². The average Bonchev–Trinajstić information content (AvgIpc) is 3.02. The van der Waals surface area contributed by atoms with Crippen LogP contribution >= 0.6 is 0 Å². The molecule has 3 aromatic rings. The number of benzene rings is 2. The largest absolute Gasteiger partial charge is 0.480 e. The molecule has 0 fully saturated rings. The summed E-state index contributed by atoms with van der Waals surface area (Å²) in [5, 5.41) is 15.0. The summed E-state index contributed by atoms with van der Waals surface area (Å²) in [4.78, 5) is 23.4. The third-order valence-corrected chi connectivity index (χ3v) is 6.39. The standard InChI is InChI=1S/C30H33F3N4O4.C3H8.C3H6/c1-7-34-20(5)36-27(38)23-17-26(18(3)35-28(23)40-6)37(8-2)19(4)30(39,24-11-9-10-12-25(24)31)21-13-15-22(16-14-21)41-29(32)33;2*1-3-2/h9-17,29,39H,4,7-8H2,1-3,5-6H3,(H,34,36,38);3H2,1-2H3;3H,1H2,2H3. The van der Waals surface area contributed by atoms with E-state index in [0.717, 1.165) is 0 Å². The molecule has 0 bridgehead atoms. The Hall–Kier alpha value is -4.64. The molecule has 0 aliphatic carbocycles. The number of ether oxygens (including phenoxy) is 2. The molecule has 3 rings (SSSR count). The Bertz CT molecular complexity index is 1500. The molecule has 0 radical (unpaired) electrons. The Morgan fingerprint density at radius 3 is 2.21 bits per heavy atom. The summed E-state index contributed by atoms with van der Waals surface area (Å²) in [6.45, 7) is 18.3. The molecule has 0 aliphatic rings. The molecule has 1 atom stereocenters. The lowest BCUT2D eigenvalue weighted by molar-refractivity contribution is -0.0498. The lowest BCUT2D eigenvalue weighted by Gasteiger charge is -2.39. The van der Waals surface area contributed by atoms with Gasteiger partial charge in [0.1, 0.15) is 17.1 Å². The number of nitrogens with zero attached hydrogens (tertiary/aromatic N) is 3. The van der Waals surface area contributed by atoms with Crippen molar-refractivity contribution in [1.29, 1.82) is 0 Å². The second kappa shape index (κ2) is 19.8. The zero-order valence-electron chi connectivity index (χ0n) is 28.5. The second-order valence-corrected chi connectivity index (χ2v) is 10.1. The average molecular weight is 657 g/mol. The Kier molecular flexibility index (Phi) is 17.0. The topological polar surface area (TPSA) is 96.3 Å². The number of carbonyl (C=O) groups excluding carboxylic acids is 1. The van der Waals surface area contributed by atoms with Crippen molar-refractivity contribution in [1.82, 2.24) is 10.3 Å². The monoisotopic (exact) mass is 656 g/mol. The van der Waals surface area contributed by atoms with Gasteiger partial charge in [0.05, 0.1) is 30.0 Å². The van der Waals surface area contributed by atoms with Crippen molar-refractivity contribution in [2.45, 2.75) is 67.1 Å². The number of nitrogens with one attached hydrogen (secondary N) is 1. The molecule has 2 N–H and O–H groups in total. The van der Waals surface area contributed by atoms with Crippen molar-refractivity contribution in [2.75, 3.05) is 25.1 Å². The molecular formula is C36H47F3N4O4. The SMILES string of the molecule is C=C(N(CC)c1cc(C(=O)NC(C)=NCC)c(OC)nc1C)C(O)(c1ccc(OC(F)F)cc1)c1ccccc1F.C=CC.CCC. The zero-order chi connectivity index (χ0) is 35.7. The van der Waals surface area contributed by atoms with Gasteiger partial charge in [0.2, 0.25) is 5.88 Å². The number of halogens is 3. The van der Waals surface area contributed by atoms with Crippen molar-refractivity contribution in [3.63, 3.8) is 0 Å². The number of amidine groups is 1. The van der Waals surface area contributed by atoms with Crippen LogP contribution in [0.1, 0.15) is 75.1 Å². The van der Waals surface area contributed by atoms with Crippen LogP contribution in [0.25, 0.3) is 0 Å². The van der Waals surface area contributed by atoms with Gasteiger partial charge in [-0.3, -0.25) is 9.79 Å². The summed E-state index contributed by atoms with van der Waals surface area (Å²) in [5.74, 6) is -0.868. The van der Waals surface area contributed by atoms with E-state index in [2.05, 4.69) is 47.0 Å². The molecule has 47 heavy (non-hydrogen) atoms. The lowest BCUT2D eigenvalue weighted by Crippen LogP contribution is -2.40. The summed E-state index contributed by atoms with van der Waals surface area (Å²) in [5.41, 5.74) is -1.15. The number of aliphatic imine (C=N–C) groups is 1. The number of alkyl halides is 2. The number of likely N-dealkylation sites (N-methyl/N-ethyl adjacent to an activating group) is 1. The molecule has 1 amide bonds. The van der Waals surface area contributed by atoms with Crippen molar-refractivity contribution in [3.8, 4) is 11.6 Å². The minimum atomic E-state index is -3.04. The fourth-order valence-corrected chi connectivity index (χ4v) is 4.48. The predicted octanol–water partition coefficient (Wildman–Crippen LogP) is 8.19. The highest BCUT2D eigenvalue weighted by atomic mass is 19.3. The van der Waals surface area contributed by atoms with E-state index in [1.165, 1.54) is 56.0 Å². The van der Waals surface area contributed by atoms with E-state index in [1.807, 2.05) is 13.8 Å². The van der Waals surface area contributed by atoms with Gasteiger partial charge in [0.25, 0.3) is 5.91 Å². The van der Waals surface area contributed by atoms with E-state index in [0.29, 0.717) is 23.8 Å². The van der Waals surface area contributed by atoms with Crippen LogP contribution < -0.4 is 19.7 Å². The fourth-order valence-electron chi connectivity index (χ4n) is 4.48. The van der Waals surface area contributed by atoms with Crippen LogP contribution in [-0.2, 0) is 5.60 Å². The molecular weight excluding hydrogens is 609 g/mol. The van der Waals surface area contributed by atoms with Crippen LogP contribution in [-0.4, -0.2) is 48.6 Å².